The van der Waals surface area contributed by atoms with Gasteiger partial charge in [-0.15, -0.1) is 0 Å². The van der Waals surface area contributed by atoms with Gasteiger partial charge in [0.05, 0.1) is 12.7 Å². The van der Waals surface area contributed by atoms with E-state index < -0.39 is 0 Å². The lowest BCUT2D eigenvalue weighted by atomic mass is 10.1. The molecule has 2 heterocycles. The van der Waals surface area contributed by atoms with E-state index >= 15 is 0 Å². The Morgan fingerprint density at radius 1 is 1.33 bits per heavy atom. The predicted molar refractivity (Wildman–Crippen MR) is 61.3 cm³/mol. The zero-order valence-corrected chi connectivity index (χ0v) is 9.60. The quantitative estimate of drug-likeness (QED) is 0.773. The molecule has 0 spiro atoms. The average molecular weight is 246 g/mol. The van der Waals surface area contributed by atoms with Crippen LogP contribution in [0.15, 0.2) is 35.0 Å². The van der Waals surface area contributed by atoms with Crippen molar-refractivity contribution in [1.29, 1.82) is 0 Å². The number of halogens is 1. The zero-order valence-electron chi connectivity index (χ0n) is 9.60. The highest BCUT2D eigenvalue weighted by atomic mass is 19.1. The van der Waals surface area contributed by atoms with E-state index in [1.165, 1.54) is 24.3 Å². The summed E-state index contributed by atoms with van der Waals surface area (Å²) in [6, 6.07) is 5.59. The molecular weight excluding hydrogens is 235 g/mol. The number of aromatic nitrogens is 1. The van der Waals surface area contributed by atoms with Crippen LogP contribution in [0.4, 0.5) is 4.39 Å². The molecule has 0 saturated heterocycles. The van der Waals surface area contributed by atoms with Crippen molar-refractivity contribution >= 4 is 5.91 Å². The Morgan fingerprint density at radius 2 is 2.11 bits per heavy atom. The van der Waals surface area contributed by atoms with Crippen LogP contribution in [0.5, 0.6) is 0 Å². The third-order valence-corrected chi connectivity index (χ3v) is 3.08. The Hall–Kier alpha value is -2.17. The number of carbonyl (C=O) groups excluding carboxylic acids is 1. The van der Waals surface area contributed by atoms with Crippen LogP contribution in [0.3, 0.4) is 0 Å². The van der Waals surface area contributed by atoms with Crippen LogP contribution in [0.1, 0.15) is 21.7 Å². The first-order chi connectivity index (χ1) is 8.74. The Bertz CT molecular complexity index is 577. The number of fused-ring (bicyclic) bond motifs is 1. The van der Waals surface area contributed by atoms with Gasteiger partial charge in [-0.1, -0.05) is 5.16 Å². The van der Waals surface area contributed by atoms with Gasteiger partial charge in [-0.2, -0.15) is 0 Å². The molecule has 0 unspecified atom stereocenters. The van der Waals surface area contributed by atoms with Crippen LogP contribution in [-0.4, -0.2) is 22.5 Å². The molecule has 92 valence electrons. The van der Waals surface area contributed by atoms with Crippen molar-refractivity contribution in [3.63, 3.8) is 0 Å². The molecule has 0 saturated carbocycles. The number of nitrogens with zero attached hydrogens (tertiary/aromatic N) is 2. The predicted octanol–water partition coefficient (Wildman–Crippen LogP) is 2.01. The van der Waals surface area contributed by atoms with Gasteiger partial charge in [-0.05, 0) is 24.3 Å². The van der Waals surface area contributed by atoms with Gasteiger partial charge in [-0.3, -0.25) is 4.79 Å². The maximum atomic E-state index is 12.8. The van der Waals surface area contributed by atoms with Gasteiger partial charge in [0.25, 0.3) is 5.91 Å². The fourth-order valence-electron chi connectivity index (χ4n) is 2.09. The third-order valence-electron chi connectivity index (χ3n) is 3.08. The van der Waals surface area contributed by atoms with E-state index in [1.54, 1.807) is 11.1 Å². The topological polar surface area (TPSA) is 46.3 Å². The van der Waals surface area contributed by atoms with Crippen molar-refractivity contribution in [1.82, 2.24) is 10.1 Å². The second-order valence-electron chi connectivity index (χ2n) is 4.26. The van der Waals surface area contributed by atoms with Crippen molar-refractivity contribution in [3.8, 4) is 0 Å². The van der Waals surface area contributed by atoms with E-state index in [-0.39, 0.29) is 11.7 Å². The molecule has 1 amide bonds. The summed E-state index contributed by atoms with van der Waals surface area (Å²) in [5.41, 5.74) is 1.44. The summed E-state index contributed by atoms with van der Waals surface area (Å²) in [7, 11) is 0. The summed E-state index contributed by atoms with van der Waals surface area (Å²) in [4.78, 5) is 13.9. The van der Waals surface area contributed by atoms with Crippen molar-refractivity contribution in [2.45, 2.75) is 13.0 Å². The molecule has 5 heteroatoms. The van der Waals surface area contributed by atoms with Gasteiger partial charge in [0.15, 0.2) is 0 Å². The zero-order chi connectivity index (χ0) is 12.5. The van der Waals surface area contributed by atoms with Gasteiger partial charge in [0.1, 0.15) is 11.6 Å². The van der Waals surface area contributed by atoms with E-state index in [2.05, 4.69) is 5.16 Å². The number of hydrogen-bond acceptors (Lipinski definition) is 3. The molecule has 0 fully saturated rings. The summed E-state index contributed by atoms with van der Waals surface area (Å²) >= 11 is 0. The normalized spacial score (nSPS) is 14.4. The average Bonchev–Trinajstić information content (AvgIpc) is 2.86. The van der Waals surface area contributed by atoms with Gasteiger partial charge in [0.2, 0.25) is 0 Å². The highest BCUT2D eigenvalue weighted by molar-refractivity contribution is 5.94. The minimum Gasteiger partial charge on any atom is -0.361 e. The number of carbonyl (C=O) groups is 1. The van der Waals surface area contributed by atoms with Gasteiger partial charge in [-0.25, -0.2) is 4.39 Å². The van der Waals surface area contributed by atoms with Crippen LogP contribution in [0, 0.1) is 5.82 Å². The van der Waals surface area contributed by atoms with E-state index in [4.69, 9.17) is 4.52 Å². The smallest absolute Gasteiger partial charge is 0.254 e. The summed E-state index contributed by atoms with van der Waals surface area (Å²) < 4.78 is 17.9. The number of hydrogen-bond donors (Lipinski definition) is 0. The van der Waals surface area contributed by atoms with Gasteiger partial charge in [0, 0.05) is 24.1 Å². The first kappa shape index (κ1) is 11.0. The van der Waals surface area contributed by atoms with E-state index in [0.717, 1.165) is 11.3 Å². The first-order valence-electron chi connectivity index (χ1n) is 5.71. The van der Waals surface area contributed by atoms with Crippen molar-refractivity contribution < 1.29 is 13.7 Å². The lowest BCUT2D eigenvalue weighted by Gasteiger charge is -2.25. The molecule has 0 atom stereocenters. The molecule has 0 aliphatic carbocycles. The second-order valence-corrected chi connectivity index (χ2v) is 4.26. The van der Waals surface area contributed by atoms with E-state index in [9.17, 15) is 9.18 Å². The molecular formula is C13H11FN2O2. The Morgan fingerprint density at radius 3 is 2.89 bits per heavy atom. The third kappa shape index (κ3) is 1.88. The maximum absolute atomic E-state index is 12.8. The fraction of sp³-hybridized carbons (Fsp3) is 0.231. The molecule has 1 aliphatic heterocycles. The molecule has 1 aliphatic rings. The van der Waals surface area contributed by atoms with Gasteiger partial charge < -0.3 is 9.42 Å². The molecule has 2 aromatic rings. The molecule has 3 rings (SSSR count). The van der Waals surface area contributed by atoms with Crippen molar-refractivity contribution in [3.05, 3.63) is 53.2 Å². The second kappa shape index (κ2) is 4.25. The largest absolute Gasteiger partial charge is 0.361 e. The molecule has 1 aromatic heterocycles. The summed E-state index contributed by atoms with van der Waals surface area (Å²) in [6.07, 6.45) is 2.31. The summed E-state index contributed by atoms with van der Waals surface area (Å²) in [5.74, 6) is 0.409. The van der Waals surface area contributed by atoms with Crippen molar-refractivity contribution in [2.24, 2.45) is 0 Å². The van der Waals surface area contributed by atoms with Gasteiger partial charge >= 0.3 is 0 Å². The van der Waals surface area contributed by atoms with Crippen LogP contribution < -0.4 is 0 Å². The summed E-state index contributed by atoms with van der Waals surface area (Å²) in [5, 5.41) is 3.72. The summed E-state index contributed by atoms with van der Waals surface area (Å²) in [6.45, 7) is 1.09. The Balaban J connectivity index is 1.80. The minimum atomic E-state index is -0.341. The lowest BCUT2D eigenvalue weighted by molar-refractivity contribution is 0.0729. The standard InChI is InChI=1S/C13H11FN2O2/c14-11-3-1-9(2-4-11)13(17)16-6-5-12-10(8-16)7-15-18-12/h1-4,7H,5-6,8H2. The number of rotatable bonds is 1. The minimum absolute atomic E-state index is 0.0955. The van der Waals surface area contributed by atoms with Crippen LogP contribution >= 0.6 is 0 Å². The Labute approximate surface area is 103 Å². The fourth-order valence-corrected chi connectivity index (χ4v) is 2.09. The highest BCUT2D eigenvalue weighted by Crippen LogP contribution is 2.20. The molecule has 4 nitrogen and oxygen atoms in total. The monoisotopic (exact) mass is 246 g/mol. The number of amides is 1. The molecule has 0 N–H and O–H groups in total. The first-order valence-corrected chi connectivity index (χ1v) is 5.71. The van der Waals surface area contributed by atoms with Crippen LogP contribution in [0.2, 0.25) is 0 Å². The van der Waals surface area contributed by atoms with E-state index in [0.29, 0.717) is 25.1 Å². The SMILES string of the molecule is O=C(c1ccc(F)cc1)N1CCc2oncc2C1. The molecule has 1 aromatic carbocycles. The molecule has 0 radical (unpaired) electrons. The highest BCUT2D eigenvalue weighted by Gasteiger charge is 2.24. The van der Waals surface area contributed by atoms with E-state index in [1.807, 2.05) is 0 Å². The number of benzene rings is 1. The Kier molecular flexibility index (Phi) is 2.59. The van der Waals surface area contributed by atoms with Crippen molar-refractivity contribution in [2.75, 3.05) is 6.54 Å². The van der Waals surface area contributed by atoms with Crippen LogP contribution in [0.25, 0.3) is 0 Å². The molecule has 18 heavy (non-hydrogen) atoms. The molecule has 0 bridgehead atoms. The lowest BCUT2D eigenvalue weighted by Crippen LogP contribution is -2.35. The van der Waals surface area contributed by atoms with Crippen LogP contribution in [-0.2, 0) is 13.0 Å². The maximum Gasteiger partial charge on any atom is 0.254 e.